The molecule has 3 heteroatoms. The molecule has 1 aliphatic rings. The lowest BCUT2D eigenvalue weighted by molar-refractivity contribution is 0.572. The molecule has 1 atom stereocenters. The minimum atomic E-state index is 0.826. The number of hydrogen-bond acceptors (Lipinski definition) is 3. The van der Waals surface area contributed by atoms with Crippen LogP contribution < -0.4 is 5.32 Å². The lowest BCUT2D eigenvalue weighted by Gasteiger charge is -2.03. The summed E-state index contributed by atoms with van der Waals surface area (Å²) < 4.78 is 0. The van der Waals surface area contributed by atoms with Crippen LogP contribution in [0.4, 0.5) is 0 Å². The molecule has 78 valence electrons. The fourth-order valence-corrected chi connectivity index (χ4v) is 2.87. The molecule has 1 saturated heterocycles. The summed E-state index contributed by atoms with van der Waals surface area (Å²) in [6.45, 7) is 4.58. The summed E-state index contributed by atoms with van der Waals surface area (Å²) in [6.07, 6.45) is 4.85. The number of thiazole rings is 1. The van der Waals surface area contributed by atoms with Crippen molar-refractivity contribution >= 4 is 11.3 Å². The van der Waals surface area contributed by atoms with E-state index in [1.54, 1.807) is 0 Å². The third-order valence-electron chi connectivity index (χ3n) is 2.72. The fraction of sp³-hybridized carbons (Fsp3) is 0.727. The van der Waals surface area contributed by atoms with E-state index >= 15 is 0 Å². The lowest BCUT2D eigenvalue weighted by Crippen LogP contribution is -2.10. The Labute approximate surface area is 89.8 Å². The van der Waals surface area contributed by atoms with E-state index in [1.165, 1.54) is 43.1 Å². The van der Waals surface area contributed by atoms with E-state index in [-0.39, 0.29) is 0 Å². The molecule has 0 aromatic carbocycles. The Hall–Kier alpha value is -0.410. The average molecular weight is 210 g/mol. The van der Waals surface area contributed by atoms with Crippen molar-refractivity contribution < 1.29 is 0 Å². The molecule has 2 rings (SSSR count). The highest BCUT2D eigenvalue weighted by atomic mass is 32.1. The van der Waals surface area contributed by atoms with Gasteiger partial charge in [0.15, 0.2) is 0 Å². The second-order valence-corrected chi connectivity index (χ2v) is 4.99. The van der Waals surface area contributed by atoms with Gasteiger partial charge in [0.05, 0.1) is 10.7 Å². The highest BCUT2D eigenvalue weighted by Crippen LogP contribution is 2.18. The SMILES string of the molecule is CCCc1nc(CC2CCNC2)cs1. The average Bonchev–Trinajstić information content (AvgIpc) is 2.79. The molecule has 2 nitrogen and oxygen atoms in total. The molecule has 1 N–H and O–H groups in total. The molecule has 0 amide bonds. The zero-order valence-corrected chi connectivity index (χ0v) is 9.57. The Morgan fingerprint density at radius 2 is 2.57 bits per heavy atom. The van der Waals surface area contributed by atoms with Crippen molar-refractivity contribution in [2.24, 2.45) is 5.92 Å². The van der Waals surface area contributed by atoms with Gasteiger partial charge in [-0.25, -0.2) is 4.98 Å². The predicted octanol–water partition coefficient (Wildman–Crippen LogP) is 2.25. The molecule has 1 unspecified atom stereocenters. The van der Waals surface area contributed by atoms with Gasteiger partial charge in [0, 0.05) is 5.38 Å². The van der Waals surface area contributed by atoms with Crippen LogP contribution in [0.3, 0.4) is 0 Å². The molecule has 0 bridgehead atoms. The molecule has 1 aromatic heterocycles. The first kappa shape index (κ1) is 10.1. The monoisotopic (exact) mass is 210 g/mol. The van der Waals surface area contributed by atoms with Gasteiger partial charge in [-0.3, -0.25) is 0 Å². The van der Waals surface area contributed by atoms with Gasteiger partial charge in [0.1, 0.15) is 0 Å². The summed E-state index contributed by atoms with van der Waals surface area (Å²) in [5.41, 5.74) is 1.31. The number of nitrogens with zero attached hydrogens (tertiary/aromatic N) is 1. The third kappa shape index (κ3) is 2.55. The zero-order chi connectivity index (χ0) is 9.80. The highest BCUT2D eigenvalue weighted by molar-refractivity contribution is 7.09. The van der Waals surface area contributed by atoms with Crippen molar-refractivity contribution in [3.05, 3.63) is 16.1 Å². The normalized spacial score (nSPS) is 21.6. The summed E-state index contributed by atoms with van der Waals surface area (Å²) >= 11 is 1.83. The molecule has 1 aliphatic heterocycles. The van der Waals surface area contributed by atoms with E-state index in [2.05, 4.69) is 22.6 Å². The van der Waals surface area contributed by atoms with Crippen LogP contribution >= 0.6 is 11.3 Å². The first-order valence-electron chi connectivity index (χ1n) is 5.52. The fourth-order valence-electron chi connectivity index (χ4n) is 1.96. The van der Waals surface area contributed by atoms with Gasteiger partial charge in [-0.15, -0.1) is 11.3 Å². The van der Waals surface area contributed by atoms with Gasteiger partial charge in [-0.2, -0.15) is 0 Å². The molecule has 1 aromatic rings. The Balaban J connectivity index is 1.88. The first-order chi connectivity index (χ1) is 6.88. The highest BCUT2D eigenvalue weighted by Gasteiger charge is 2.16. The van der Waals surface area contributed by atoms with E-state index < -0.39 is 0 Å². The largest absolute Gasteiger partial charge is 0.316 e. The molecular formula is C11H18N2S. The van der Waals surface area contributed by atoms with Gasteiger partial charge >= 0.3 is 0 Å². The maximum atomic E-state index is 4.65. The van der Waals surface area contributed by atoms with Crippen LogP contribution in [0, 0.1) is 5.92 Å². The Morgan fingerprint density at radius 1 is 1.64 bits per heavy atom. The quantitative estimate of drug-likeness (QED) is 0.824. The van der Waals surface area contributed by atoms with Gasteiger partial charge in [0.25, 0.3) is 0 Å². The summed E-state index contributed by atoms with van der Waals surface area (Å²) in [5, 5.41) is 6.95. The van der Waals surface area contributed by atoms with Crippen molar-refractivity contribution in [3.8, 4) is 0 Å². The number of nitrogens with one attached hydrogen (secondary N) is 1. The van der Waals surface area contributed by atoms with E-state index in [4.69, 9.17) is 0 Å². The van der Waals surface area contributed by atoms with Crippen LogP contribution in [0.2, 0.25) is 0 Å². The molecule has 0 saturated carbocycles. The minimum Gasteiger partial charge on any atom is -0.316 e. The maximum absolute atomic E-state index is 4.65. The predicted molar refractivity (Wildman–Crippen MR) is 60.8 cm³/mol. The van der Waals surface area contributed by atoms with E-state index in [0.29, 0.717) is 0 Å². The topological polar surface area (TPSA) is 24.9 Å². The van der Waals surface area contributed by atoms with Crippen LogP contribution in [0.1, 0.15) is 30.5 Å². The molecular weight excluding hydrogens is 192 g/mol. The van der Waals surface area contributed by atoms with Crippen molar-refractivity contribution in [1.82, 2.24) is 10.3 Å². The van der Waals surface area contributed by atoms with Gasteiger partial charge in [0.2, 0.25) is 0 Å². The third-order valence-corrected chi connectivity index (χ3v) is 3.68. The van der Waals surface area contributed by atoms with Crippen molar-refractivity contribution in [2.75, 3.05) is 13.1 Å². The molecule has 14 heavy (non-hydrogen) atoms. The summed E-state index contributed by atoms with van der Waals surface area (Å²) in [6, 6.07) is 0. The number of aromatic nitrogens is 1. The molecule has 2 heterocycles. The van der Waals surface area contributed by atoms with Crippen LogP contribution in [0.25, 0.3) is 0 Å². The second-order valence-electron chi connectivity index (χ2n) is 4.05. The first-order valence-corrected chi connectivity index (χ1v) is 6.40. The van der Waals surface area contributed by atoms with Crippen molar-refractivity contribution in [3.63, 3.8) is 0 Å². The van der Waals surface area contributed by atoms with Gasteiger partial charge < -0.3 is 5.32 Å². The van der Waals surface area contributed by atoms with E-state index in [1.807, 2.05) is 11.3 Å². The van der Waals surface area contributed by atoms with Gasteiger partial charge in [-0.05, 0) is 44.7 Å². The Kier molecular flexibility index (Phi) is 3.54. The van der Waals surface area contributed by atoms with Crippen LogP contribution in [-0.2, 0) is 12.8 Å². The van der Waals surface area contributed by atoms with Gasteiger partial charge in [-0.1, -0.05) is 6.92 Å². The smallest absolute Gasteiger partial charge is 0.0928 e. The number of aryl methyl sites for hydroxylation is 1. The standard InChI is InChI=1S/C11H18N2S/c1-2-3-11-13-10(8-14-11)6-9-4-5-12-7-9/h8-9,12H,2-7H2,1H3. The van der Waals surface area contributed by atoms with E-state index in [0.717, 1.165) is 12.3 Å². The zero-order valence-electron chi connectivity index (χ0n) is 8.75. The summed E-state index contributed by atoms with van der Waals surface area (Å²) in [7, 11) is 0. The van der Waals surface area contributed by atoms with Crippen LogP contribution in [0.15, 0.2) is 5.38 Å². The molecule has 0 aliphatic carbocycles. The maximum Gasteiger partial charge on any atom is 0.0928 e. The Morgan fingerprint density at radius 3 is 3.29 bits per heavy atom. The van der Waals surface area contributed by atoms with Crippen molar-refractivity contribution in [1.29, 1.82) is 0 Å². The summed E-state index contributed by atoms with van der Waals surface area (Å²) in [4.78, 5) is 4.65. The molecule has 1 fully saturated rings. The lowest BCUT2D eigenvalue weighted by atomic mass is 10.0. The summed E-state index contributed by atoms with van der Waals surface area (Å²) in [5.74, 6) is 0.826. The number of rotatable bonds is 4. The molecule has 0 radical (unpaired) electrons. The van der Waals surface area contributed by atoms with Crippen molar-refractivity contribution in [2.45, 2.75) is 32.6 Å². The second kappa shape index (κ2) is 4.89. The van der Waals surface area contributed by atoms with Crippen LogP contribution in [0.5, 0.6) is 0 Å². The Bertz CT molecular complexity index is 277. The van der Waals surface area contributed by atoms with E-state index in [9.17, 15) is 0 Å². The minimum absolute atomic E-state index is 0.826. The molecule has 0 spiro atoms. The number of hydrogen-bond donors (Lipinski definition) is 1. The van der Waals surface area contributed by atoms with Crippen LogP contribution in [-0.4, -0.2) is 18.1 Å².